The van der Waals surface area contributed by atoms with Gasteiger partial charge < -0.3 is 35.9 Å². The zero-order chi connectivity index (χ0) is 4.41. The zero-order valence-corrected chi connectivity index (χ0v) is 7.91. The average molecular weight is 263 g/mol. The largest absolute Gasteiger partial charge is 2.00 e. The van der Waals surface area contributed by atoms with Crippen LogP contribution in [-0.4, -0.2) is 19.1 Å². The normalized spacial score (nSPS) is 23.0. The molecule has 60 valence electrons. The van der Waals surface area contributed by atoms with Gasteiger partial charge in [0, 0.05) is 12.6 Å². The Morgan fingerprint density at radius 2 is 1.89 bits per heavy atom. The van der Waals surface area contributed by atoms with E-state index in [-0.39, 0.29) is 45.2 Å². The molecular formula is C4H10Cl2N2Pd. The van der Waals surface area contributed by atoms with Crippen LogP contribution in [0, 0.1) is 0 Å². The molecule has 0 aromatic heterocycles. The van der Waals surface area contributed by atoms with Gasteiger partial charge in [-0.15, -0.1) is 0 Å². The summed E-state index contributed by atoms with van der Waals surface area (Å²) in [6, 6.07) is 0.435. The van der Waals surface area contributed by atoms with E-state index in [2.05, 4.69) is 5.32 Å². The topological polar surface area (TPSA) is 38.0 Å². The van der Waals surface area contributed by atoms with Crippen molar-refractivity contribution in [2.24, 2.45) is 5.73 Å². The molecule has 1 heterocycles. The Labute approximate surface area is 81.8 Å². The van der Waals surface area contributed by atoms with Crippen molar-refractivity contribution in [1.29, 1.82) is 0 Å². The molecule has 1 rings (SSSR count). The van der Waals surface area contributed by atoms with Crippen LogP contribution in [0.15, 0.2) is 0 Å². The number of halogens is 2. The molecule has 9 heavy (non-hydrogen) atoms. The monoisotopic (exact) mass is 262 g/mol. The summed E-state index contributed by atoms with van der Waals surface area (Å²) in [5.41, 5.74) is 5.47. The van der Waals surface area contributed by atoms with E-state index in [0.29, 0.717) is 6.04 Å². The molecule has 5 heteroatoms. The minimum absolute atomic E-state index is 0. The van der Waals surface area contributed by atoms with Gasteiger partial charge in [-0.2, -0.15) is 0 Å². The maximum atomic E-state index is 5.47. The molecule has 0 spiro atoms. The molecule has 1 aliphatic heterocycles. The van der Waals surface area contributed by atoms with Crippen molar-refractivity contribution >= 4 is 0 Å². The Bertz CT molecular complexity index is 49.8. The van der Waals surface area contributed by atoms with E-state index in [1.54, 1.807) is 0 Å². The van der Waals surface area contributed by atoms with E-state index in [1.807, 2.05) is 0 Å². The summed E-state index contributed by atoms with van der Waals surface area (Å²) in [7, 11) is 0. The summed E-state index contributed by atoms with van der Waals surface area (Å²) < 4.78 is 0. The van der Waals surface area contributed by atoms with Crippen molar-refractivity contribution in [2.45, 2.75) is 12.5 Å². The van der Waals surface area contributed by atoms with Crippen LogP contribution in [0.25, 0.3) is 0 Å². The van der Waals surface area contributed by atoms with Crippen LogP contribution in [0.3, 0.4) is 0 Å². The third kappa shape index (κ3) is 7.05. The third-order valence-electron chi connectivity index (χ3n) is 1.10. The van der Waals surface area contributed by atoms with Crippen molar-refractivity contribution in [3.63, 3.8) is 0 Å². The first-order valence-electron chi connectivity index (χ1n) is 2.36. The molecule has 1 unspecified atom stereocenters. The minimum atomic E-state index is 0. The second kappa shape index (κ2) is 9.16. The van der Waals surface area contributed by atoms with Crippen LogP contribution in [0.2, 0.25) is 0 Å². The standard InChI is InChI=1S/C4H10N2.2ClH.Pd/c5-4-1-2-6-3-4;;;/h4,6H,1-3,5H2;2*1H;/q;;;+2/p-2. The molecule has 0 aliphatic carbocycles. The quantitative estimate of drug-likeness (QED) is 0.427. The summed E-state index contributed by atoms with van der Waals surface area (Å²) in [5, 5.41) is 3.15. The smallest absolute Gasteiger partial charge is 1.00 e. The van der Waals surface area contributed by atoms with Crippen molar-refractivity contribution in [3.8, 4) is 0 Å². The van der Waals surface area contributed by atoms with Crippen LogP contribution in [0.4, 0.5) is 0 Å². The average Bonchev–Trinajstić information content (AvgIpc) is 1.86. The molecule has 0 aromatic carbocycles. The first-order chi connectivity index (χ1) is 2.89. The predicted octanol–water partition coefficient (Wildman–Crippen LogP) is -6.69. The van der Waals surface area contributed by atoms with Crippen LogP contribution in [0.1, 0.15) is 6.42 Å². The van der Waals surface area contributed by atoms with E-state index < -0.39 is 0 Å². The Morgan fingerprint density at radius 3 is 2.00 bits per heavy atom. The molecule has 0 bridgehead atoms. The maximum Gasteiger partial charge on any atom is 2.00 e. The fourth-order valence-electron chi connectivity index (χ4n) is 0.677. The van der Waals surface area contributed by atoms with Gasteiger partial charge in [0.2, 0.25) is 0 Å². The molecular weight excluding hydrogens is 253 g/mol. The molecule has 0 amide bonds. The summed E-state index contributed by atoms with van der Waals surface area (Å²) in [4.78, 5) is 0. The maximum absolute atomic E-state index is 5.47. The van der Waals surface area contributed by atoms with Gasteiger partial charge in [0.05, 0.1) is 0 Å². The molecule has 1 saturated heterocycles. The molecule has 1 atom stereocenters. The van der Waals surface area contributed by atoms with Crippen molar-refractivity contribution in [2.75, 3.05) is 13.1 Å². The van der Waals surface area contributed by atoms with E-state index in [1.165, 1.54) is 0 Å². The number of rotatable bonds is 0. The van der Waals surface area contributed by atoms with Gasteiger partial charge in [-0.25, -0.2) is 0 Å². The van der Waals surface area contributed by atoms with Crippen molar-refractivity contribution in [1.82, 2.24) is 5.32 Å². The summed E-state index contributed by atoms with van der Waals surface area (Å²) >= 11 is 0. The van der Waals surface area contributed by atoms with Gasteiger partial charge in [0.25, 0.3) is 0 Å². The Hall–Kier alpha value is 1.16. The molecule has 0 saturated carbocycles. The predicted molar refractivity (Wildman–Crippen MR) is 25.5 cm³/mol. The summed E-state index contributed by atoms with van der Waals surface area (Å²) in [5.74, 6) is 0. The molecule has 3 N–H and O–H groups in total. The first-order valence-corrected chi connectivity index (χ1v) is 2.36. The van der Waals surface area contributed by atoms with Crippen molar-refractivity contribution in [3.05, 3.63) is 0 Å². The van der Waals surface area contributed by atoms with Gasteiger partial charge in [-0.3, -0.25) is 0 Å². The Morgan fingerprint density at radius 1 is 1.33 bits per heavy atom. The number of nitrogens with one attached hydrogen (secondary N) is 1. The van der Waals surface area contributed by atoms with E-state index >= 15 is 0 Å². The Balaban J connectivity index is -0.000000120. The van der Waals surface area contributed by atoms with Crippen LogP contribution >= 0.6 is 0 Å². The molecule has 1 aliphatic rings. The third-order valence-corrected chi connectivity index (χ3v) is 1.10. The molecule has 0 radical (unpaired) electrons. The molecule has 2 nitrogen and oxygen atoms in total. The fourth-order valence-corrected chi connectivity index (χ4v) is 0.677. The second-order valence-electron chi connectivity index (χ2n) is 1.75. The van der Waals surface area contributed by atoms with Crippen LogP contribution in [0.5, 0.6) is 0 Å². The fraction of sp³-hybridized carbons (Fsp3) is 1.00. The number of hydrogen-bond acceptors (Lipinski definition) is 2. The molecule has 0 aromatic rings. The van der Waals surface area contributed by atoms with Crippen LogP contribution < -0.4 is 35.9 Å². The minimum Gasteiger partial charge on any atom is -1.00 e. The number of hydrogen-bond donors (Lipinski definition) is 2. The Kier molecular flexibility index (Phi) is 16.9. The number of nitrogens with two attached hydrogens (primary N) is 1. The summed E-state index contributed by atoms with van der Waals surface area (Å²) in [6.07, 6.45) is 1.15. The van der Waals surface area contributed by atoms with E-state index in [0.717, 1.165) is 19.5 Å². The van der Waals surface area contributed by atoms with Crippen LogP contribution in [-0.2, 0) is 20.4 Å². The van der Waals surface area contributed by atoms with Gasteiger partial charge in [0.1, 0.15) is 0 Å². The van der Waals surface area contributed by atoms with Gasteiger partial charge >= 0.3 is 20.4 Å². The van der Waals surface area contributed by atoms with Crippen molar-refractivity contribution < 1.29 is 45.2 Å². The van der Waals surface area contributed by atoms with E-state index in [9.17, 15) is 0 Å². The second-order valence-corrected chi connectivity index (χ2v) is 1.75. The summed E-state index contributed by atoms with van der Waals surface area (Å²) in [6.45, 7) is 2.13. The van der Waals surface area contributed by atoms with E-state index in [4.69, 9.17) is 5.73 Å². The molecule has 1 fully saturated rings. The van der Waals surface area contributed by atoms with Gasteiger partial charge in [-0.05, 0) is 13.0 Å². The van der Waals surface area contributed by atoms with Gasteiger partial charge in [-0.1, -0.05) is 0 Å². The zero-order valence-electron chi connectivity index (χ0n) is 4.85. The first kappa shape index (κ1) is 16.6. The SMILES string of the molecule is NC1CCNC1.[Cl-].[Cl-].[Pd+2]. The van der Waals surface area contributed by atoms with Gasteiger partial charge in [0.15, 0.2) is 0 Å².